The van der Waals surface area contributed by atoms with E-state index in [1.807, 2.05) is 36.7 Å². The van der Waals surface area contributed by atoms with Crippen LogP contribution in [0.2, 0.25) is 0 Å². The fraction of sp³-hybridized carbons (Fsp3) is 0.590. The highest BCUT2D eigenvalue weighted by Gasteiger charge is 2.09. The van der Waals surface area contributed by atoms with Crippen molar-refractivity contribution in [2.45, 2.75) is 142 Å². The molecule has 0 saturated carbocycles. The summed E-state index contributed by atoms with van der Waals surface area (Å²) in [5, 5.41) is 0. The molecular formula is C39H57FN2O. The number of aromatic nitrogens is 2. The second-order valence-electron chi connectivity index (χ2n) is 12.3. The van der Waals surface area contributed by atoms with Gasteiger partial charge >= 0.3 is 0 Å². The molecule has 0 bridgehead atoms. The summed E-state index contributed by atoms with van der Waals surface area (Å²) in [6.45, 7) is 4.63. The lowest BCUT2D eigenvalue weighted by Gasteiger charge is -2.11. The Hall–Kier alpha value is -2.75. The van der Waals surface area contributed by atoms with Crippen LogP contribution >= 0.6 is 0 Å². The van der Waals surface area contributed by atoms with E-state index in [4.69, 9.17) is 4.74 Å². The Labute approximate surface area is 262 Å². The summed E-state index contributed by atoms with van der Waals surface area (Å²) < 4.78 is 20.0. The Kier molecular flexibility index (Phi) is 17.7. The van der Waals surface area contributed by atoms with Crippen LogP contribution in [0.5, 0.6) is 5.75 Å². The second-order valence-corrected chi connectivity index (χ2v) is 12.3. The number of ether oxygens (including phenoxy) is 1. The van der Waals surface area contributed by atoms with Crippen LogP contribution in [0.1, 0.15) is 135 Å². The van der Waals surface area contributed by atoms with Crippen LogP contribution in [0, 0.1) is 0 Å². The average Bonchev–Trinajstić information content (AvgIpc) is 3.05. The number of hydrogen-bond acceptors (Lipinski definition) is 3. The molecule has 1 atom stereocenters. The third-order valence-corrected chi connectivity index (χ3v) is 8.42. The van der Waals surface area contributed by atoms with E-state index in [1.165, 1.54) is 102 Å². The molecule has 3 aromatic rings. The van der Waals surface area contributed by atoms with Crippen LogP contribution in [0.4, 0.5) is 4.39 Å². The number of unbranched alkanes of at least 4 members (excludes halogenated alkanes) is 15. The first-order valence-corrected chi connectivity index (χ1v) is 17.5. The zero-order chi connectivity index (χ0) is 30.4. The molecule has 0 N–H and O–H groups in total. The van der Waals surface area contributed by atoms with E-state index in [0.717, 1.165) is 36.0 Å². The van der Waals surface area contributed by atoms with E-state index < -0.39 is 6.17 Å². The van der Waals surface area contributed by atoms with Crippen LogP contribution in [0.3, 0.4) is 0 Å². The number of halogens is 1. The highest BCUT2D eigenvalue weighted by atomic mass is 19.1. The summed E-state index contributed by atoms with van der Waals surface area (Å²) in [5.41, 5.74) is 4.48. The van der Waals surface area contributed by atoms with Gasteiger partial charge in [0.05, 0.1) is 0 Å². The van der Waals surface area contributed by atoms with Crippen LogP contribution < -0.4 is 4.74 Å². The maximum Gasteiger partial charge on any atom is 0.159 e. The Morgan fingerprint density at radius 1 is 0.558 bits per heavy atom. The topological polar surface area (TPSA) is 35.0 Å². The van der Waals surface area contributed by atoms with Gasteiger partial charge in [0.1, 0.15) is 18.5 Å². The van der Waals surface area contributed by atoms with Gasteiger partial charge in [0.2, 0.25) is 0 Å². The molecule has 0 radical (unpaired) electrons. The van der Waals surface area contributed by atoms with Crippen molar-refractivity contribution in [2.75, 3.05) is 6.61 Å². The largest absolute Gasteiger partial charge is 0.491 e. The molecule has 1 aromatic heterocycles. The number of nitrogens with zero attached hydrogens (tertiary/aromatic N) is 2. The Balaban J connectivity index is 1.33. The number of aryl methyl sites for hydroxylation is 1. The molecular weight excluding hydrogens is 531 g/mol. The molecule has 0 aliphatic heterocycles. The Morgan fingerprint density at radius 2 is 1.05 bits per heavy atom. The summed E-state index contributed by atoms with van der Waals surface area (Å²) in [5.74, 6) is 1.36. The minimum absolute atomic E-state index is 0.110. The summed E-state index contributed by atoms with van der Waals surface area (Å²) in [7, 11) is 0. The van der Waals surface area contributed by atoms with Crippen LogP contribution in [0.15, 0.2) is 60.9 Å². The van der Waals surface area contributed by atoms with Crippen molar-refractivity contribution in [3.63, 3.8) is 0 Å². The predicted octanol–water partition coefficient (Wildman–Crippen LogP) is 12.1. The van der Waals surface area contributed by atoms with Crippen molar-refractivity contribution in [2.24, 2.45) is 0 Å². The third kappa shape index (κ3) is 14.5. The van der Waals surface area contributed by atoms with E-state index in [2.05, 4.69) is 48.1 Å². The molecule has 1 heterocycles. The quantitative estimate of drug-likeness (QED) is 0.0976. The van der Waals surface area contributed by atoms with Gasteiger partial charge in [-0.15, -0.1) is 0 Å². The molecule has 0 aliphatic rings. The van der Waals surface area contributed by atoms with Crippen molar-refractivity contribution >= 4 is 0 Å². The lowest BCUT2D eigenvalue weighted by Crippen LogP contribution is -2.12. The number of alkyl halides is 1. The SMILES string of the molecule is CCCCCCCCCCCc1ccc(-c2cnc(-c3ccc(OCC(F)CCCCCCCCCC)cc3)nc2)cc1. The fourth-order valence-corrected chi connectivity index (χ4v) is 5.60. The highest BCUT2D eigenvalue weighted by molar-refractivity contribution is 5.64. The minimum Gasteiger partial charge on any atom is -0.491 e. The molecule has 0 spiro atoms. The van der Waals surface area contributed by atoms with Crippen molar-refractivity contribution in [1.29, 1.82) is 0 Å². The molecule has 3 rings (SSSR count). The maximum atomic E-state index is 14.3. The van der Waals surface area contributed by atoms with Crippen molar-refractivity contribution in [1.82, 2.24) is 9.97 Å². The predicted molar refractivity (Wildman–Crippen MR) is 181 cm³/mol. The molecule has 43 heavy (non-hydrogen) atoms. The highest BCUT2D eigenvalue weighted by Crippen LogP contribution is 2.24. The number of rotatable bonds is 24. The van der Waals surface area contributed by atoms with E-state index in [9.17, 15) is 4.39 Å². The number of benzene rings is 2. The molecule has 3 nitrogen and oxygen atoms in total. The van der Waals surface area contributed by atoms with Crippen LogP contribution in [0.25, 0.3) is 22.5 Å². The van der Waals surface area contributed by atoms with E-state index in [0.29, 0.717) is 18.0 Å². The van der Waals surface area contributed by atoms with Crippen molar-refractivity contribution in [3.05, 3.63) is 66.5 Å². The van der Waals surface area contributed by atoms with Gasteiger partial charge in [-0.1, -0.05) is 141 Å². The number of hydrogen-bond donors (Lipinski definition) is 0. The minimum atomic E-state index is -0.917. The van der Waals surface area contributed by atoms with Crippen molar-refractivity contribution in [3.8, 4) is 28.3 Å². The molecule has 0 saturated heterocycles. The Morgan fingerprint density at radius 3 is 1.60 bits per heavy atom. The summed E-state index contributed by atoms with van der Waals surface area (Å²) in [6.07, 6.45) is 26.7. The molecule has 2 aromatic carbocycles. The Bertz CT molecular complexity index is 1080. The van der Waals surface area contributed by atoms with E-state index >= 15 is 0 Å². The molecule has 0 aliphatic carbocycles. The zero-order valence-electron chi connectivity index (χ0n) is 27.2. The normalized spacial score (nSPS) is 12.0. The van der Waals surface area contributed by atoms with Gasteiger partial charge in [0, 0.05) is 23.5 Å². The summed E-state index contributed by atoms with van der Waals surface area (Å²) in [4.78, 5) is 9.22. The molecule has 0 amide bonds. The molecule has 0 fully saturated rings. The van der Waals surface area contributed by atoms with E-state index in [-0.39, 0.29) is 6.61 Å². The van der Waals surface area contributed by atoms with Crippen LogP contribution in [-0.2, 0) is 6.42 Å². The smallest absolute Gasteiger partial charge is 0.159 e. The molecule has 1 unspecified atom stereocenters. The maximum absolute atomic E-state index is 14.3. The van der Waals surface area contributed by atoms with Gasteiger partial charge in [-0.05, 0) is 54.7 Å². The fourth-order valence-electron chi connectivity index (χ4n) is 5.60. The first-order valence-electron chi connectivity index (χ1n) is 17.5. The lowest BCUT2D eigenvalue weighted by molar-refractivity contribution is 0.184. The van der Waals surface area contributed by atoms with Crippen LogP contribution in [-0.4, -0.2) is 22.7 Å². The van der Waals surface area contributed by atoms with Gasteiger partial charge in [0.25, 0.3) is 0 Å². The second kappa shape index (κ2) is 21.9. The summed E-state index contributed by atoms with van der Waals surface area (Å²) in [6, 6.07) is 16.5. The first kappa shape index (κ1) is 34.7. The van der Waals surface area contributed by atoms with Gasteiger partial charge in [-0.25, -0.2) is 14.4 Å². The monoisotopic (exact) mass is 588 g/mol. The average molecular weight is 589 g/mol. The summed E-state index contributed by atoms with van der Waals surface area (Å²) >= 11 is 0. The van der Waals surface area contributed by atoms with Gasteiger partial charge < -0.3 is 4.74 Å². The first-order chi connectivity index (χ1) is 21.2. The van der Waals surface area contributed by atoms with Gasteiger partial charge in [0.15, 0.2) is 5.82 Å². The molecule has 4 heteroatoms. The molecule has 236 valence electrons. The van der Waals surface area contributed by atoms with E-state index in [1.54, 1.807) is 0 Å². The van der Waals surface area contributed by atoms with Crippen molar-refractivity contribution < 1.29 is 9.13 Å². The third-order valence-electron chi connectivity index (χ3n) is 8.42. The standard InChI is InChI=1S/C39H57FN2O/c1-3-5-7-9-11-13-14-16-18-20-33-22-24-34(25-23-33)36-30-41-39(42-31-36)35-26-28-38(29-27-35)43-32-37(40)21-19-17-15-12-10-8-6-4-2/h22-31,37H,3-21,32H2,1-2H3. The van der Waals surface area contributed by atoms with Gasteiger partial charge in [-0.3, -0.25) is 0 Å². The lowest BCUT2D eigenvalue weighted by atomic mass is 10.0. The van der Waals surface area contributed by atoms with Gasteiger partial charge in [-0.2, -0.15) is 0 Å². The zero-order valence-corrected chi connectivity index (χ0v) is 27.2.